The number of nitrogens with one attached hydrogen (secondary N) is 2. The second-order valence-electron chi connectivity index (χ2n) is 9.08. The van der Waals surface area contributed by atoms with Gasteiger partial charge in [-0.2, -0.15) is 0 Å². The van der Waals surface area contributed by atoms with E-state index in [4.69, 9.17) is 0 Å². The highest BCUT2D eigenvalue weighted by Crippen LogP contribution is 2.30. The minimum atomic E-state index is -0.992. The third-order valence-electron chi connectivity index (χ3n) is 6.56. The summed E-state index contributed by atoms with van der Waals surface area (Å²) in [6, 6.07) is 14.1. The molecule has 1 aliphatic rings. The van der Waals surface area contributed by atoms with Crippen molar-refractivity contribution in [2.24, 2.45) is 0 Å². The summed E-state index contributed by atoms with van der Waals surface area (Å²) in [5.41, 5.74) is 4.39. The fraction of sp³-hybridized carbons (Fsp3) is 0.357. The number of aliphatic hydroxyl groups excluding tert-OH is 1. The minimum absolute atomic E-state index is 0.0668. The molecule has 0 spiro atoms. The summed E-state index contributed by atoms with van der Waals surface area (Å²) in [4.78, 5) is 16.8. The summed E-state index contributed by atoms with van der Waals surface area (Å²) < 4.78 is 27.6. The van der Waals surface area contributed by atoms with E-state index in [-0.39, 0.29) is 24.7 Å². The van der Waals surface area contributed by atoms with Gasteiger partial charge in [0.1, 0.15) is 17.3 Å². The molecule has 4 rings (SSSR count). The quantitative estimate of drug-likeness (QED) is 0.428. The van der Waals surface area contributed by atoms with Crippen LogP contribution >= 0.6 is 0 Å². The lowest BCUT2D eigenvalue weighted by Gasteiger charge is -2.30. The normalized spacial score (nSPS) is 16.9. The van der Waals surface area contributed by atoms with Gasteiger partial charge < -0.3 is 15.7 Å². The highest BCUT2D eigenvalue weighted by Gasteiger charge is 2.26. The first-order valence-electron chi connectivity index (χ1n) is 12.1. The lowest BCUT2D eigenvalue weighted by molar-refractivity contribution is 0.0818. The summed E-state index contributed by atoms with van der Waals surface area (Å²) in [5, 5.41) is 17.4. The zero-order chi connectivity index (χ0) is 24.8. The Morgan fingerprint density at radius 2 is 1.91 bits per heavy atom. The summed E-state index contributed by atoms with van der Waals surface area (Å²) in [5.74, 6) is -1.86. The third-order valence-corrected chi connectivity index (χ3v) is 6.56. The number of aromatic nitrogens is 1. The smallest absolute Gasteiger partial charge is 0.270 e. The number of rotatable bonds is 9. The Balaban J connectivity index is 1.50. The average molecular weight is 480 g/mol. The van der Waals surface area contributed by atoms with Gasteiger partial charge in [0.2, 0.25) is 0 Å². The fourth-order valence-electron chi connectivity index (χ4n) is 4.69. The third kappa shape index (κ3) is 6.50. The molecule has 2 aromatic carbocycles. The molecule has 0 saturated carbocycles. The van der Waals surface area contributed by atoms with Crippen LogP contribution in [0.1, 0.15) is 58.5 Å². The number of aryl methyl sites for hydroxylation is 2. The van der Waals surface area contributed by atoms with Crippen molar-refractivity contribution >= 4 is 5.91 Å². The highest BCUT2D eigenvalue weighted by atomic mass is 19.1. The Labute approximate surface area is 204 Å². The second-order valence-corrected chi connectivity index (χ2v) is 9.08. The molecule has 0 radical (unpaired) electrons. The van der Waals surface area contributed by atoms with Crippen LogP contribution in [0.3, 0.4) is 0 Å². The van der Waals surface area contributed by atoms with E-state index in [0.717, 1.165) is 31.7 Å². The molecule has 3 unspecified atom stereocenters. The predicted octanol–water partition coefficient (Wildman–Crippen LogP) is 4.29. The lowest BCUT2D eigenvalue weighted by Crippen LogP contribution is -2.49. The SMILES string of the molecule is CCc1ccc2c(c1)C(NCC(O)C(Cc1cc(F)cc(F)c1)NC(=O)c1ccccn1)CCC2. The Bertz CT molecular complexity index is 1140. The van der Waals surface area contributed by atoms with Gasteiger partial charge in [-0.1, -0.05) is 31.2 Å². The summed E-state index contributed by atoms with van der Waals surface area (Å²) in [7, 11) is 0. The van der Waals surface area contributed by atoms with E-state index in [1.165, 1.54) is 35.0 Å². The zero-order valence-corrected chi connectivity index (χ0v) is 19.8. The van der Waals surface area contributed by atoms with Crippen LogP contribution in [0.4, 0.5) is 8.78 Å². The van der Waals surface area contributed by atoms with Crippen molar-refractivity contribution in [1.82, 2.24) is 15.6 Å². The molecule has 0 fully saturated rings. The number of hydrogen-bond acceptors (Lipinski definition) is 4. The van der Waals surface area contributed by atoms with Gasteiger partial charge in [0.25, 0.3) is 5.91 Å². The Kier molecular flexibility index (Phi) is 8.21. The first-order valence-corrected chi connectivity index (χ1v) is 12.1. The van der Waals surface area contributed by atoms with E-state index in [2.05, 4.69) is 40.7 Å². The number of fused-ring (bicyclic) bond motifs is 1. The van der Waals surface area contributed by atoms with Crippen molar-refractivity contribution in [3.63, 3.8) is 0 Å². The molecule has 0 aliphatic heterocycles. The number of amides is 1. The number of carbonyl (C=O) groups excluding carboxylic acids is 1. The molecule has 3 N–H and O–H groups in total. The standard InChI is InChI=1S/C28H31F2N3O2/c1-2-18-9-10-20-6-5-8-24(23(20)14-18)32-17-27(34)26(15-19-12-21(29)16-22(30)13-19)33-28(35)25-7-3-4-11-31-25/h3-4,7,9-14,16,24,26-27,32,34H,2,5-6,8,15,17H2,1H3,(H,33,35). The molecule has 184 valence electrons. The van der Waals surface area contributed by atoms with E-state index in [1.807, 2.05) is 0 Å². The summed E-state index contributed by atoms with van der Waals surface area (Å²) >= 11 is 0. The Morgan fingerprint density at radius 1 is 1.11 bits per heavy atom. The molecule has 1 amide bonds. The van der Waals surface area contributed by atoms with E-state index >= 15 is 0 Å². The van der Waals surface area contributed by atoms with Crippen molar-refractivity contribution in [2.45, 2.75) is 57.2 Å². The molecule has 3 aromatic rings. The summed E-state index contributed by atoms with van der Waals surface area (Å²) in [6.45, 7) is 2.34. The van der Waals surface area contributed by atoms with Crippen molar-refractivity contribution in [1.29, 1.82) is 0 Å². The number of nitrogens with zero attached hydrogens (tertiary/aromatic N) is 1. The van der Waals surface area contributed by atoms with Gasteiger partial charge in [0.15, 0.2) is 0 Å². The predicted molar refractivity (Wildman–Crippen MR) is 131 cm³/mol. The number of halogens is 2. The Morgan fingerprint density at radius 3 is 2.63 bits per heavy atom. The van der Waals surface area contributed by atoms with Crippen molar-refractivity contribution in [2.75, 3.05) is 6.54 Å². The topological polar surface area (TPSA) is 74.2 Å². The van der Waals surface area contributed by atoms with Gasteiger partial charge in [-0.3, -0.25) is 9.78 Å². The van der Waals surface area contributed by atoms with Gasteiger partial charge >= 0.3 is 0 Å². The van der Waals surface area contributed by atoms with Gasteiger partial charge in [-0.15, -0.1) is 0 Å². The number of carbonyl (C=O) groups is 1. The molecule has 1 aromatic heterocycles. The van der Waals surface area contributed by atoms with Crippen molar-refractivity contribution in [3.8, 4) is 0 Å². The van der Waals surface area contributed by atoms with Crippen molar-refractivity contribution in [3.05, 3.63) is 100 Å². The maximum Gasteiger partial charge on any atom is 0.270 e. The number of pyridine rings is 1. The van der Waals surface area contributed by atoms with Crippen LogP contribution < -0.4 is 10.6 Å². The minimum Gasteiger partial charge on any atom is -0.390 e. The number of benzene rings is 2. The molecule has 5 nitrogen and oxygen atoms in total. The molecular formula is C28H31F2N3O2. The van der Waals surface area contributed by atoms with Crippen LogP contribution in [0.5, 0.6) is 0 Å². The lowest BCUT2D eigenvalue weighted by atomic mass is 9.86. The van der Waals surface area contributed by atoms with Crippen LogP contribution in [-0.2, 0) is 19.3 Å². The second kappa shape index (κ2) is 11.5. The van der Waals surface area contributed by atoms with Crippen LogP contribution in [0.15, 0.2) is 60.8 Å². The van der Waals surface area contributed by atoms with E-state index in [9.17, 15) is 18.7 Å². The largest absolute Gasteiger partial charge is 0.390 e. The van der Waals surface area contributed by atoms with Crippen LogP contribution in [0.25, 0.3) is 0 Å². The average Bonchev–Trinajstić information content (AvgIpc) is 2.86. The maximum absolute atomic E-state index is 13.8. The van der Waals surface area contributed by atoms with Gasteiger partial charge in [-0.05, 0) is 78.6 Å². The molecule has 3 atom stereocenters. The molecule has 1 aliphatic carbocycles. The first kappa shape index (κ1) is 24.9. The number of aliphatic hydroxyl groups is 1. The fourth-order valence-corrected chi connectivity index (χ4v) is 4.69. The van der Waals surface area contributed by atoms with Crippen LogP contribution in [-0.4, -0.2) is 34.7 Å². The molecule has 0 saturated heterocycles. The maximum atomic E-state index is 13.8. The van der Waals surface area contributed by atoms with Crippen molar-refractivity contribution < 1.29 is 18.7 Å². The van der Waals surface area contributed by atoms with E-state index in [1.54, 1.807) is 18.2 Å². The van der Waals surface area contributed by atoms with Gasteiger partial charge in [-0.25, -0.2) is 8.78 Å². The molecule has 0 bridgehead atoms. The van der Waals surface area contributed by atoms with Gasteiger partial charge in [0.05, 0.1) is 12.1 Å². The van der Waals surface area contributed by atoms with E-state index < -0.39 is 29.7 Å². The van der Waals surface area contributed by atoms with Crippen LogP contribution in [0, 0.1) is 11.6 Å². The van der Waals surface area contributed by atoms with Gasteiger partial charge in [0, 0.05) is 24.8 Å². The molecular weight excluding hydrogens is 448 g/mol. The van der Waals surface area contributed by atoms with Crippen LogP contribution in [0.2, 0.25) is 0 Å². The zero-order valence-electron chi connectivity index (χ0n) is 19.8. The van der Waals surface area contributed by atoms with E-state index in [0.29, 0.717) is 5.56 Å². The highest BCUT2D eigenvalue weighted by molar-refractivity contribution is 5.92. The number of hydrogen-bond donors (Lipinski definition) is 3. The first-order chi connectivity index (χ1) is 16.9. The summed E-state index contributed by atoms with van der Waals surface area (Å²) in [6.07, 6.45) is 4.57. The Hall–Kier alpha value is -3.16. The molecule has 35 heavy (non-hydrogen) atoms. The monoisotopic (exact) mass is 479 g/mol. The molecule has 7 heteroatoms. The molecule has 1 heterocycles.